The smallest absolute Gasteiger partial charge is 0.274 e. The van der Waals surface area contributed by atoms with Crippen LogP contribution in [-0.4, -0.2) is 26.6 Å². The highest BCUT2D eigenvalue weighted by molar-refractivity contribution is 6.03. The molecule has 26 heavy (non-hydrogen) atoms. The van der Waals surface area contributed by atoms with Crippen LogP contribution in [0.15, 0.2) is 61.2 Å². The number of Topliss-reactive ketones (excluding diaryl/α,β-unsaturated/α-hetero) is 1. The Hall–Kier alpha value is -3.61. The molecule has 0 unspecified atom stereocenters. The Morgan fingerprint density at radius 2 is 1.88 bits per heavy atom. The number of pyridine rings is 1. The normalized spacial score (nSPS) is 10.2. The van der Waals surface area contributed by atoms with Gasteiger partial charge in [0.15, 0.2) is 5.78 Å². The van der Waals surface area contributed by atoms with Crippen LogP contribution in [0.5, 0.6) is 0 Å². The van der Waals surface area contributed by atoms with E-state index in [9.17, 15) is 9.59 Å². The number of ketones is 1. The Labute approximate surface area is 150 Å². The van der Waals surface area contributed by atoms with Crippen LogP contribution in [0.3, 0.4) is 0 Å². The molecular weight excluding hydrogens is 330 g/mol. The van der Waals surface area contributed by atoms with Crippen molar-refractivity contribution in [2.45, 2.75) is 13.5 Å². The van der Waals surface area contributed by atoms with Gasteiger partial charge in [-0.2, -0.15) is 0 Å². The van der Waals surface area contributed by atoms with Crippen LogP contribution in [-0.2, 0) is 6.54 Å². The summed E-state index contributed by atoms with van der Waals surface area (Å²) in [5.74, 6) is 0.163. The summed E-state index contributed by atoms with van der Waals surface area (Å²) in [5.41, 5.74) is 2.42. The van der Waals surface area contributed by atoms with Crippen molar-refractivity contribution < 1.29 is 9.59 Å². The van der Waals surface area contributed by atoms with Gasteiger partial charge < -0.3 is 10.6 Å². The number of carbonyl (C=O) groups is 2. The minimum Gasteiger partial charge on any atom is -0.366 e. The van der Waals surface area contributed by atoms with E-state index >= 15 is 0 Å². The fourth-order valence-electron chi connectivity index (χ4n) is 2.26. The Bertz CT molecular complexity index is 911. The Morgan fingerprint density at radius 1 is 1.08 bits per heavy atom. The summed E-state index contributed by atoms with van der Waals surface area (Å²) in [6.07, 6.45) is 4.80. The standard InChI is InChI=1S/C19H17N5O2/c1-13(25)15-4-6-16(7-5-15)24-19(26)17-9-18(23-12-22-17)21-11-14-3-2-8-20-10-14/h2-10,12H,11H2,1H3,(H,24,26)(H,21,22,23). The average Bonchev–Trinajstić information content (AvgIpc) is 2.68. The molecule has 0 spiro atoms. The summed E-state index contributed by atoms with van der Waals surface area (Å²) < 4.78 is 0. The number of hydrogen-bond acceptors (Lipinski definition) is 6. The largest absolute Gasteiger partial charge is 0.366 e. The molecule has 0 aliphatic carbocycles. The highest BCUT2D eigenvalue weighted by Crippen LogP contribution is 2.12. The molecule has 2 aromatic heterocycles. The van der Waals surface area contributed by atoms with Crippen LogP contribution in [0.25, 0.3) is 0 Å². The first-order valence-corrected chi connectivity index (χ1v) is 7.99. The van der Waals surface area contributed by atoms with E-state index in [1.54, 1.807) is 42.7 Å². The van der Waals surface area contributed by atoms with Crippen molar-refractivity contribution in [2.75, 3.05) is 10.6 Å². The van der Waals surface area contributed by atoms with Crippen molar-refractivity contribution in [2.24, 2.45) is 0 Å². The molecule has 2 heterocycles. The van der Waals surface area contributed by atoms with Gasteiger partial charge in [-0.05, 0) is 42.8 Å². The Balaban J connectivity index is 1.65. The van der Waals surface area contributed by atoms with Gasteiger partial charge in [-0.15, -0.1) is 0 Å². The molecule has 7 nitrogen and oxygen atoms in total. The average molecular weight is 347 g/mol. The van der Waals surface area contributed by atoms with Crippen LogP contribution in [0, 0.1) is 0 Å². The second kappa shape index (κ2) is 7.98. The number of nitrogens with one attached hydrogen (secondary N) is 2. The molecule has 0 saturated heterocycles. The fourth-order valence-corrected chi connectivity index (χ4v) is 2.26. The minimum absolute atomic E-state index is 0.0250. The Kier molecular flexibility index (Phi) is 5.28. The van der Waals surface area contributed by atoms with Crippen LogP contribution in [0.1, 0.15) is 33.3 Å². The van der Waals surface area contributed by atoms with Crippen LogP contribution >= 0.6 is 0 Å². The fraction of sp³-hybridized carbons (Fsp3) is 0.105. The summed E-state index contributed by atoms with van der Waals surface area (Å²) in [6.45, 7) is 2.03. The SMILES string of the molecule is CC(=O)c1ccc(NC(=O)c2cc(NCc3cccnc3)ncn2)cc1. The van der Waals surface area contributed by atoms with Crippen molar-refractivity contribution in [3.8, 4) is 0 Å². The second-order valence-electron chi connectivity index (χ2n) is 5.59. The molecule has 0 atom stereocenters. The minimum atomic E-state index is -0.354. The van der Waals surface area contributed by atoms with Crippen molar-refractivity contribution in [1.82, 2.24) is 15.0 Å². The van der Waals surface area contributed by atoms with E-state index in [0.29, 0.717) is 23.6 Å². The molecule has 3 rings (SSSR count). The number of anilines is 2. The van der Waals surface area contributed by atoms with Gasteiger partial charge in [0, 0.05) is 36.3 Å². The van der Waals surface area contributed by atoms with Gasteiger partial charge in [0.1, 0.15) is 17.8 Å². The lowest BCUT2D eigenvalue weighted by Gasteiger charge is -2.08. The molecule has 0 aliphatic rings. The lowest BCUT2D eigenvalue weighted by atomic mass is 10.1. The van der Waals surface area contributed by atoms with E-state index in [-0.39, 0.29) is 17.4 Å². The number of rotatable bonds is 6. The molecule has 0 aliphatic heterocycles. The first kappa shape index (κ1) is 17.2. The molecule has 1 amide bonds. The topological polar surface area (TPSA) is 96.9 Å². The molecule has 7 heteroatoms. The number of nitrogens with zero attached hydrogens (tertiary/aromatic N) is 3. The third-order valence-electron chi connectivity index (χ3n) is 3.65. The zero-order chi connectivity index (χ0) is 18.4. The van der Waals surface area contributed by atoms with E-state index in [1.165, 1.54) is 13.3 Å². The van der Waals surface area contributed by atoms with E-state index in [1.807, 2.05) is 12.1 Å². The number of benzene rings is 1. The van der Waals surface area contributed by atoms with Crippen LogP contribution < -0.4 is 10.6 Å². The maximum Gasteiger partial charge on any atom is 0.274 e. The van der Waals surface area contributed by atoms with E-state index in [0.717, 1.165) is 5.56 Å². The first-order valence-electron chi connectivity index (χ1n) is 7.99. The molecule has 0 saturated carbocycles. The maximum absolute atomic E-state index is 12.4. The summed E-state index contributed by atoms with van der Waals surface area (Å²) >= 11 is 0. The molecule has 1 aromatic carbocycles. The third kappa shape index (κ3) is 4.47. The maximum atomic E-state index is 12.4. The third-order valence-corrected chi connectivity index (χ3v) is 3.65. The number of hydrogen-bond donors (Lipinski definition) is 2. The second-order valence-corrected chi connectivity index (χ2v) is 5.59. The first-order chi connectivity index (χ1) is 12.6. The van der Waals surface area contributed by atoms with Crippen molar-refractivity contribution in [3.05, 3.63) is 78.0 Å². The van der Waals surface area contributed by atoms with Crippen molar-refractivity contribution in [3.63, 3.8) is 0 Å². The molecule has 0 radical (unpaired) electrons. The zero-order valence-electron chi connectivity index (χ0n) is 14.1. The monoisotopic (exact) mass is 347 g/mol. The molecule has 0 fully saturated rings. The van der Waals surface area contributed by atoms with Gasteiger partial charge in [0.05, 0.1) is 0 Å². The predicted molar refractivity (Wildman–Crippen MR) is 98.0 cm³/mol. The number of aromatic nitrogens is 3. The van der Waals surface area contributed by atoms with Crippen LogP contribution in [0.4, 0.5) is 11.5 Å². The van der Waals surface area contributed by atoms with Gasteiger partial charge in [-0.1, -0.05) is 6.07 Å². The lowest BCUT2D eigenvalue weighted by molar-refractivity contribution is 0.101. The van der Waals surface area contributed by atoms with E-state index in [2.05, 4.69) is 25.6 Å². The summed E-state index contributed by atoms with van der Waals surface area (Å²) in [6, 6.07) is 12.1. The predicted octanol–water partition coefficient (Wildman–Crippen LogP) is 2.94. The van der Waals surface area contributed by atoms with Crippen LogP contribution in [0.2, 0.25) is 0 Å². The molecule has 0 bridgehead atoms. The summed E-state index contributed by atoms with van der Waals surface area (Å²) in [7, 11) is 0. The summed E-state index contributed by atoms with van der Waals surface area (Å²) in [4.78, 5) is 35.8. The van der Waals surface area contributed by atoms with Gasteiger partial charge in [0.2, 0.25) is 0 Å². The highest BCUT2D eigenvalue weighted by Gasteiger charge is 2.10. The molecule has 3 aromatic rings. The van der Waals surface area contributed by atoms with Gasteiger partial charge in [0.25, 0.3) is 5.91 Å². The number of carbonyl (C=O) groups excluding carboxylic acids is 2. The van der Waals surface area contributed by atoms with Gasteiger partial charge in [-0.3, -0.25) is 14.6 Å². The van der Waals surface area contributed by atoms with E-state index < -0.39 is 0 Å². The van der Waals surface area contributed by atoms with Crippen molar-refractivity contribution in [1.29, 1.82) is 0 Å². The van der Waals surface area contributed by atoms with Crippen molar-refractivity contribution >= 4 is 23.2 Å². The van der Waals surface area contributed by atoms with E-state index in [4.69, 9.17) is 0 Å². The molecule has 130 valence electrons. The summed E-state index contributed by atoms with van der Waals surface area (Å²) in [5, 5.41) is 5.88. The zero-order valence-corrected chi connectivity index (χ0v) is 14.1. The Morgan fingerprint density at radius 3 is 2.58 bits per heavy atom. The molecular formula is C19H17N5O2. The highest BCUT2D eigenvalue weighted by atomic mass is 16.2. The number of amides is 1. The quantitative estimate of drug-likeness (QED) is 0.666. The van der Waals surface area contributed by atoms with Gasteiger partial charge in [-0.25, -0.2) is 9.97 Å². The van der Waals surface area contributed by atoms with Gasteiger partial charge >= 0.3 is 0 Å². The molecule has 2 N–H and O–H groups in total. The lowest BCUT2D eigenvalue weighted by Crippen LogP contribution is -2.14.